The Balaban J connectivity index is 1.90. The van der Waals surface area contributed by atoms with Crippen LogP contribution >= 0.6 is 0 Å². The molecule has 1 heterocycles. The van der Waals surface area contributed by atoms with Crippen molar-refractivity contribution in [3.05, 3.63) is 34.9 Å². The van der Waals surface area contributed by atoms with E-state index in [0.29, 0.717) is 18.1 Å². The maximum Gasteiger partial charge on any atom is 0.0296 e. The Hall–Kier alpha value is -0.860. The summed E-state index contributed by atoms with van der Waals surface area (Å²) in [6.07, 6.45) is 3.91. The van der Waals surface area contributed by atoms with Crippen molar-refractivity contribution < 1.29 is 0 Å². The molecule has 0 amide bonds. The van der Waals surface area contributed by atoms with Gasteiger partial charge in [0.05, 0.1) is 0 Å². The van der Waals surface area contributed by atoms with E-state index in [1.807, 2.05) is 0 Å². The molecule has 2 nitrogen and oxygen atoms in total. The molecule has 19 heavy (non-hydrogen) atoms. The van der Waals surface area contributed by atoms with Gasteiger partial charge in [0.2, 0.25) is 0 Å². The van der Waals surface area contributed by atoms with Crippen LogP contribution in [0.5, 0.6) is 0 Å². The highest BCUT2D eigenvalue weighted by molar-refractivity contribution is 5.32. The fraction of sp³-hybridized carbons (Fsp3) is 0.647. The summed E-state index contributed by atoms with van der Waals surface area (Å²) >= 11 is 0. The van der Waals surface area contributed by atoms with E-state index in [4.69, 9.17) is 0 Å². The monoisotopic (exact) mass is 260 g/mol. The van der Waals surface area contributed by atoms with Gasteiger partial charge in [-0.25, -0.2) is 0 Å². The van der Waals surface area contributed by atoms with Gasteiger partial charge in [0.1, 0.15) is 0 Å². The standard InChI is InChI=1S/C17H28N2/c1-12-7-8-17(13(2)10-12)15(4)19-14(3)11-16-6-5-9-18-16/h7-8,10,14-16,18-19H,5-6,9,11H2,1-4H3. The number of aryl methyl sites for hydroxylation is 2. The summed E-state index contributed by atoms with van der Waals surface area (Å²) in [7, 11) is 0. The first-order valence-corrected chi connectivity index (χ1v) is 7.63. The minimum Gasteiger partial charge on any atom is -0.314 e. The van der Waals surface area contributed by atoms with Gasteiger partial charge < -0.3 is 10.6 Å². The second kappa shape index (κ2) is 6.53. The van der Waals surface area contributed by atoms with Gasteiger partial charge in [0.25, 0.3) is 0 Å². The largest absolute Gasteiger partial charge is 0.314 e. The molecular formula is C17H28N2. The molecule has 0 saturated carbocycles. The van der Waals surface area contributed by atoms with Crippen LogP contribution in [0, 0.1) is 13.8 Å². The zero-order chi connectivity index (χ0) is 13.8. The summed E-state index contributed by atoms with van der Waals surface area (Å²) in [6.45, 7) is 10.1. The van der Waals surface area contributed by atoms with E-state index < -0.39 is 0 Å². The van der Waals surface area contributed by atoms with Crippen LogP contribution in [0.2, 0.25) is 0 Å². The van der Waals surface area contributed by atoms with Gasteiger partial charge in [-0.15, -0.1) is 0 Å². The minimum atomic E-state index is 0.428. The molecule has 0 aromatic heterocycles. The summed E-state index contributed by atoms with van der Waals surface area (Å²) in [6, 6.07) is 8.46. The molecule has 1 aliphatic rings. The lowest BCUT2D eigenvalue weighted by molar-refractivity contribution is 0.407. The van der Waals surface area contributed by atoms with Gasteiger partial charge in [-0.3, -0.25) is 0 Å². The van der Waals surface area contributed by atoms with Gasteiger partial charge in [0, 0.05) is 18.1 Å². The first kappa shape index (κ1) is 14.5. The summed E-state index contributed by atoms with van der Waals surface area (Å²) < 4.78 is 0. The van der Waals surface area contributed by atoms with E-state index in [0.717, 1.165) is 0 Å². The van der Waals surface area contributed by atoms with Crippen molar-refractivity contribution in [2.24, 2.45) is 0 Å². The van der Waals surface area contributed by atoms with Crippen molar-refractivity contribution in [3.63, 3.8) is 0 Å². The number of hydrogen-bond donors (Lipinski definition) is 2. The second-order valence-electron chi connectivity index (χ2n) is 6.18. The van der Waals surface area contributed by atoms with E-state index in [2.05, 4.69) is 56.5 Å². The molecule has 1 aliphatic heterocycles. The summed E-state index contributed by atoms with van der Waals surface area (Å²) in [5, 5.41) is 7.32. The van der Waals surface area contributed by atoms with E-state index in [-0.39, 0.29) is 0 Å². The molecule has 106 valence electrons. The molecule has 3 unspecified atom stereocenters. The molecular weight excluding hydrogens is 232 g/mol. The molecule has 0 aliphatic carbocycles. The molecule has 1 aromatic carbocycles. The topological polar surface area (TPSA) is 24.1 Å². The van der Waals surface area contributed by atoms with Crippen LogP contribution in [0.1, 0.15) is 55.8 Å². The van der Waals surface area contributed by atoms with Crippen molar-refractivity contribution in [1.82, 2.24) is 10.6 Å². The van der Waals surface area contributed by atoms with E-state index in [1.54, 1.807) is 0 Å². The van der Waals surface area contributed by atoms with Crippen LogP contribution in [-0.4, -0.2) is 18.6 Å². The Morgan fingerprint density at radius 2 is 2.11 bits per heavy atom. The highest BCUT2D eigenvalue weighted by Crippen LogP contribution is 2.20. The Morgan fingerprint density at radius 3 is 2.74 bits per heavy atom. The van der Waals surface area contributed by atoms with Gasteiger partial charge in [0.15, 0.2) is 0 Å². The number of hydrogen-bond acceptors (Lipinski definition) is 2. The first-order valence-electron chi connectivity index (χ1n) is 7.63. The summed E-state index contributed by atoms with van der Waals surface area (Å²) in [4.78, 5) is 0. The smallest absolute Gasteiger partial charge is 0.0296 e. The maximum absolute atomic E-state index is 3.74. The SMILES string of the molecule is Cc1ccc(C(C)NC(C)CC2CCCN2)c(C)c1. The number of nitrogens with one attached hydrogen (secondary N) is 2. The van der Waals surface area contributed by atoms with E-state index in [1.165, 1.54) is 42.5 Å². The molecule has 0 radical (unpaired) electrons. The average Bonchev–Trinajstić information content (AvgIpc) is 2.81. The molecule has 0 bridgehead atoms. The van der Waals surface area contributed by atoms with Crippen molar-refractivity contribution in [2.75, 3.05) is 6.54 Å². The predicted octanol–water partition coefficient (Wildman–Crippen LogP) is 3.48. The molecule has 0 spiro atoms. The molecule has 2 rings (SSSR count). The quantitative estimate of drug-likeness (QED) is 0.847. The fourth-order valence-corrected chi connectivity index (χ4v) is 3.28. The number of benzene rings is 1. The van der Waals surface area contributed by atoms with Gasteiger partial charge >= 0.3 is 0 Å². The van der Waals surface area contributed by atoms with Crippen LogP contribution in [-0.2, 0) is 0 Å². The summed E-state index contributed by atoms with van der Waals surface area (Å²) in [5.41, 5.74) is 4.17. The van der Waals surface area contributed by atoms with E-state index >= 15 is 0 Å². The first-order chi connectivity index (χ1) is 9.06. The third-order valence-corrected chi connectivity index (χ3v) is 4.23. The molecule has 1 saturated heterocycles. The van der Waals surface area contributed by atoms with Crippen LogP contribution < -0.4 is 10.6 Å². The molecule has 1 fully saturated rings. The van der Waals surface area contributed by atoms with Crippen LogP contribution in [0.4, 0.5) is 0 Å². The lowest BCUT2D eigenvalue weighted by Crippen LogP contribution is -2.35. The van der Waals surface area contributed by atoms with Crippen LogP contribution in [0.3, 0.4) is 0 Å². The Bertz CT molecular complexity index is 408. The molecule has 1 aromatic rings. The Labute approximate surface area is 118 Å². The minimum absolute atomic E-state index is 0.428. The average molecular weight is 260 g/mol. The van der Waals surface area contributed by atoms with Crippen molar-refractivity contribution in [1.29, 1.82) is 0 Å². The van der Waals surface area contributed by atoms with Crippen molar-refractivity contribution >= 4 is 0 Å². The van der Waals surface area contributed by atoms with Crippen molar-refractivity contribution in [2.45, 2.75) is 65.1 Å². The molecule has 3 atom stereocenters. The normalized spacial score (nSPS) is 22.4. The number of rotatable bonds is 5. The van der Waals surface area contributed by atoms with Crippen LogP contribution in [0.25, 0.3) is 0 Å². The van der Waals surface area contributed by atoms with E-state index in [9.17, 15) is 0 Å². The van der Waals surface area contributed by atoms with Gasteiger partial charge in [-0.2, -0.15) is 0 Å². The molecule has 2 N–H and O–H groups in total. The Morgan fingerprint density at radius 1 is 1.32 bits per heavy atom. The van der Waals surface area contributed by atoms with Gasteiger partial charge in [-0.05, 0) is 64.6 Å². The maximum atomic E-state index is 3.74. The second-order valence-corrected chi connectivity index (χ2v) is 6.18. The zero-order valence-corrected chi connectivity index (χ0v) is 12.8. The lowest BCUT2D eigenvalue weighted by Gasteiger charge is -2.24. The lowest BCUT2D eigenvalue weighted by atomic mass is 9.98. The van der Waals surface area contributed by atoms with Gasteiger partial charge in [-0.1, -0.05) is 23.8 Å². The summed E-state index contributed by atoms with van der Waals surface area (Å²) in [5.74, 6) is 0. The third kappa shape index (κ3) is 4.05. The zero-order valence-electron chi connectivity index (χ0n) is 12.8. The van der Waals surface area contributed by atoms with Crippen LogP contribution in [0.15, 0.2) is 18.2 Å². The molecule has 2 heteroatoms. The van der Waals surface area contributed by atoms with Crippen molar-refractivity contribution in [3.8, 4) is 0 Å². The highest BCUT2D eigenvalue weighted by Gasteiger charge is 2.18. The highest BCUT2D eigenvalue weighted by atomic mass is 15.0. The third-order valence-electron chi connectivity index (χ3n) is 4.23. The fourth-order valence-electron chi connectivity index (χ4n) is 3.28. The predicted molar refractivity (Wildman–Crippen MR) is 82.6 cm³/mol. The Kier molecular flexibility index (Phi) is 5.00.